The van der Waals surface area contributed by atoms with E-state index < -0.39 is 8.07 Å². The number of hydrogen-bond donors (Lipinski definition) is 0. The molecule has 0 fully saturated rings. The van der Waals surface area contributed by atoms with Crippen molar-refractivity contribution in [3.8, 4) is 44.5 Å². The lowest BCUT2D eigenvalue weighted by Gasteiger charge is -2.36. The lowest BCUT2D eigenvalue weighted by molar-refractivity contribution is 0.669. The van der Waals surface area contributed by atoms with Gasteiger partial charge in [0.2, 0.25) is 0 Å². The standard InChI is InChI=1S/C54H32Br2OSSi/c55-44-29-30-45(56)53-43-28-26-34(38-20-11-21-40-39-17-8-10-24-48(39)58-54(38)40)32-50(43)59(35-13-3-1-4-14-35,36-15-5-2-6-16-36)49-31-33(25-27-42(49)52(44)53)37-19-12-23-47-51(37)41-18-7-9-22-46(41)57-47/h1-32H. The Hall–Kier alpha value is -5.82. The molecule has 0 amide bonds. The van der Waals surface area contributed by atoms with Crippen LogP contribution in [0.3, 0.4) is 0 Å². The molecule has 1 nitrogen and oxygen atoms in total. The van der Waals surface area contributed by atoms with Crippen LogP contribution in [0.5, 0.6) is 0 Å². The minimum Gasteiger partial charge on any atom is -0.456 e. The highest BCUT2D eigenvalue weighted by Crippen LogP contribution is 2.47. The van der Waals surface area contributed by atoms with E-state index in [1.807, 2.05) is 17.4 Å². The fourth-order valence-electron chi connectivity index (χ4n) is 9.86. The Morgan fingerprint density at radius 3 is 1.61 bits per heavy atom. The second-order valence-corrected chi connectivity index (χ2v) is 21.8. The van der Waals surface area contributed by atoms with E-state index in [1.165, 1.54) is 85.4 Å². The lowest BCUT2D eigenvalue weighted by atomic mass is 9.91. The topological polar surface area (TPSA) is 13.1 Å². The number of benzene rings is 9. The van der Waals surface area contributed by atoms with Gasteiger partial charge in [0.15, 0.2) is 8.07 Å². The molecular formula is C54H32Br2OSSi. The maximum absolute atomic E-state index is 6.45. The molecule has 0 spiro atoms. The normalized spacial score (nSPS) is 13.1. The van der Waals surface area contributed by atoms with Gasteiger partial charge in [0.1, 0.15) is 11.2 Å². The van der Waals surface area contributed by atoms with Gasteiger partial charge in [-0.3, -0.25) is 0 Å². The molecule has 1 aliphatic heterocycles. The zero-order valence-corrected chi connectivity index (χ0v) is 36.5. The number of hydrogen-bond acceptors (Lipinski definition) is 2. The number of para-hydroxylation sites is 1. The lowest BCUT2D eigenvalue weighted by Crippen LogP contribution is -2.75. The van der Waals surface area contributed by atoms with Crippen molar-refractivity contribution in [3.05, 3.63) is 203 Å². The first-order valence-electron chi connectivity index (χ1n) is 19.8. The molecule has 0 unspecified atom stereocenters. The van der Waals surface area contributed by atoms with Gasteiger partial charge in [-0.15, -0.1) is 11.3 Å². The molecular weight excluding hydrogens is 885 g/mol. The number of thiophene rings is 1. The van der Waals surface area contributed by atoms with Gasteiger partial charge >= 0.3 is 0 Å². The number of halogens is 2. The minimum absolute atomic E-state index is 0.899. The second-order valence-electron chi connectivity index (χ2n) is 15.3. The Balaban J connectivity index is 1.26. The molecule has 0 aliphatic carbocycles. The molecule has 12 rings (SSSR count). The van der Waals surface area contributed by atoms with Crippen LogP contribution in [-0.4, -0.2) is 8.07 Å². The minimum atomic E-state index is -3.16. The third-order valence-electron chi connectivity index (χ3n) is 12.3. The molecule has 5 heteroatoms. The SMILES string of the molecule is Brc1ccc(Br)c2c1-c1ccc(-c3cccc4c3sc3ccccc34)cc1[Si](c1ccccc1)(c1ccccc1)c1cc(-c3cccc4oc5ccccc5c34)ccc1-2. The summed E-state index contributed by atoms with van der Waals surface area (Å²) in [4.78, 5) is 0. The van der Waals surface area contributed by atoms with Crippen molar-refractivity contribution >= 4 is 114 Å². The van der Waals surface area contributed by atoms with Crippen molar-refractivity contribution in [3.63, 3.8) is 0 Å². The predicted molar refractivity (Wildman–Crippen MR) is 261 cm³/mol. The molecule has 59 heavy (non-hydrogen) atoms. The van der Waals surface area contributed by atoms with Gasteiger partial charge in [-0.2, -0.15) is 0 Å². The van der Waals surface area contributed by atoms with Crippen LogP contribution in [0.2, 0.25) is 0 Å². The summed E-state index contributed by atoms with van der Waals surface area (Å²) in [6.45, 7) is 0. The Kier molecular flexibility index (Phi) is 8.11. The number of fused-ring (bicyclic) bond motifs is 11. The fraction of sp³-hybridized carbons (Fsp3) is 0. The van der Waals surface area contributed by atoms with Crippen molar-refractivity contribution in [1.29, 1.82) is 0 Å². The molecule has 0 N–H and O–H groups in total. The Morgan fingerprint density at radius 2 is 0.932 bits per heavy atom. The summed E-state index contributed by atoms with van der Waals surface area (Å²) in [6.07, 6.45) is 0. The zero-order chi connectivity index (χ0) is 39.2. The molecule has 2 aromatic heterocycles. The first-order valence-corrected chi connectivity index (χ1v) is 24.2. The van der Waals surface area contributed by atoms with Crippen molar-refractivity contribution in [1.82, 2.24) is 0 Å². The maximum Gasteiger partial charge on any atom is 0.180 e. The molecule has 0 saturated heterocycles. The number of furan rings is 1. The quantitative estimate of drug-likeness (QED) is 0.160. The summed E-state index contributed by atoms with van der Waals surface area (Å²) in [5.74, 6) is 0. The van der Waals surface area contributed by atoms with Crippen LogP contribution < -0.4 is 20.7 Å². The van der Waals surface area contributed by atoms with Gasteiger partial charge < -0.3 is 4.42 Å². The van der Waals surface area contributed by atoms with Gasteiger partial charge in [-0.25, -0.2) is 0 Å². The summed E-state index contributed by atoms with van der Waals surface area (Å²) in [5, 5.41) is 10.3. The molecule has 0 atom stereocenters. The molecule has 11 aromatic rings. The van der Waals surface area contributed by atoms with Gasteiger partial charge in [-0.1, -0.05) is 196 Å². The third-order valence-corrected chi connectivity index (χ3v) is 19.7. The van der Waals surface area contributed by atoms with Crippen LogP contribution in [0.4, 0.5) is 0 Å². The van der Waals surface area contributed by atoms with E-state index in [0.717, 1.165) is 30.9 Å². The second kappa shape index (κ2) is 13.6. The highest BCUT2D eigenvalue weighted by Gasteiger charge is 2.47. The van der Waals surface area contributed by atoms with Gasteiger partial charge in [-0.05, 0) is 84.5 Å². The summed E-state index contributed by atoms with van der Waals surface area (Å²) >= 11 is 10.1. The van der Waals surface area contributed by atoms with Crippen LogP contribution in [0, 0.1) is 0 Å². The summed E-state index contributed by atoms with van der Waals surface area (Å²) in [6, 6.07) is 72.2. The Labute approximate surface area is 363 Å². The van der Waals surface area contributed by atoms with Crippen LogP contribution in [0.15, 0.2) is 207 Å². The van der Waals surface area contributed by atoms with E-state index in [2.05, 4.69) is 220 Å². The number of rotatable bonds is 4. The van der Waals surface area contributed by atoms with Crippen molar-refractivity contribution < 1.29 is 4.42 Å². The van der Waals surface area contributed by atoms with Gasteiger partial charge in [0, 0.05) is 51.0 Å². The zero-order valence-electron chi connectivity index (χ0n) is 31.5. The average molecular weight is 917 g/mol. The third kappa shape index (κ3) is 5.18. The molecule has 9 aromatic carbocycles. The van der Waals surface area contributed by atoms with E-state index in [1.54, 1.807) is 0 Å². The fourth-order valence-corrected chi connectivity index (χ4v) is 17.4. The predicted octanol–water partition coefficient (Wildman–Crippen LogP) is 13.8. The van der Waals surface area contributed by atoms with Crippen LogP contribution >= 0.6 is 43.2 Å². The van der Waals surface area contributed by atoms with Crippen molar-refractivity contribution in [2.75, 3.05) is 0 Å². The summed E-state index contributed by atoms with van der Waals surface area (Å²) < 4.78 is 11.2. The van der Waals surface area contributed by atoms with Crippen molar-refractivity contribution in [2.24, 2.45) is 0 Å². The highest BCUT2D eigenvalue weighted by atomic mass is 79.9. The van der Waals surface area contributed by atoms with E-state index in [-0.39, 0.29) is 0 Å². The largest absolute Gasteiger partial charge is 0.456 e. The molecule has 278 valence electrons. The van der Waals surface area contributed by atoms with Gasteiger partial charge in [0.05, 0.1) is 0 Å². The summed E-state index contributed by atoms with van der Waals surface area (Å²) in [5.41, 5.74) is 11.5. The van der Waals surface area contributed by atoms with E-state index in [9.17, 15) is 0 Å². The maximum atomic E-state index is 6.45. The van der Waals surface area contributed by atoms with E-state index in [0.29, 0.717) is 0 Å². The van der Waals surface area contributed by atoms with E-state index in [4.69, 9.17) is 4.42 Å². The molecule has 1 aliphatic rings. The Morgan fingerprint density at radius 1 is 0.407 bits per heavy atom. The van der Waals surface area contributed by atoms with Crippen LogP contribution in [-0.2, 0) is 0 Å². The monoisotopic (exact) mass is 914 g/mol. The first-order chi connectivity index (χ1) is 29.1. The first kappa shape index (κ1) is 35.1. The van der Waals surface area contributed by atoms with E-state index >= 15 is 0 Å². The Bertz CT molecular complexity index is 3440. The molecule has 3 heterocycles. The van der Waals surface area contributed by atoms with Crippen molar-refractivity contribution in [2.45, 2.75) is 0 Å². The average Bonchev–Trinajstić information content (AvgIpc) is 3.84. The molecule has 0 bridgehead atoms. The summed E-state index contributed by atoms with van der Waals surface area (Å²) in [7, 11) is -3.16. The smallest absolute Gasteiger partial charge is 0.180 e. The molecule has 0 saturated carbocycles. The van der Waals surface area contributed by atoms with Gasteiger partial charge in [0.25, 0.3) is 0 Å². The van der Waals surface area contributed by atoms with Crippen LogP contribution in [0.1, 0.15) is 0 Å². The highest BCUT2D eigenvalue weighted by molar-refractivity contribution is 9.11. The molecule has 0 radical (unpaired) electrons. The van der Waals surface area contributed by atoms with Crippen LogP contribution in [0.25, 0.3) is 86.6 Å².